The Morgan fingerprint density at radius 3 is 2.12 bits per heavy atom. The molecule has 0 bridgehead atoms. The molecule has 26 heavy (non-hydrogen) atoms. The number of amides is 1. The Labute approximate surface area is 146 Å². The Bertz CT molecular complexity index is 675. The third kappa shape index (κ3) is 4.49. The second-order valence-electron chi connectivity index (χ2n) is 6.68. The summed E-state index contributed by atoms with van der Waals surface area (Å²) in [6, 6.07) is 0.777. The number of rotatable bonds is 3. The first-order valence-electron chi connectivity index (χ1n) is 8.20. The first-order chi connectivity index (χ1) is 11.8. The number of hydrogen-bond donors (Lipinski definition) is 2. The van der Waals surface area contributed by atoms with Gasteiger partial charge in [-0.1, -0.05) is 19.3 Å². The lowest BCUT2D eigenvalue weighted by atomic mass is 9.73. The summed E-state index contributed by atoms with van der Waals surface area (Å²) in [6.45, 7) is 0.688. The predicted octanol–water partition coefficient (Wildman–Crippen LogP) is 4.48. The summed E-state index contributed by atoms with van der Waals surface area (Å²) in [7, 11) is 0. The Hall–Kier alpha value is -1.77. The highest BCUT2D eigenvalue weighted by Gasteiger charge is 2.44. The van der Waals surface area contributed by atoms with Crippen molar-refractivity contribution in [3.8, 4) is 0 Å². The molecule has 3 nitrogen and oxygen atoms in total. The molecule has 2 rings (SSSR count). The lowest BCUT2D eigenvalue weighted by Gasteiger charge is -2.38. The Morgan fingerprint density at radius 2 is 1.65 bits per heavy atom. The molecular formula is C17H20F6N2O. The molecule has 0 spiro atoms. The van der Waals surface area contributed by atoms with Crippen molar-refractivity contribution >= 4 is 5.91 Å². The number of hydrogen-bond acceptors (Lipinski definition) is 2. The van der Waals surface area contributed by atoms with E-state index in [0.717, 1.165) is 13.3 Å². The number of carbonyl (C=O) groups is 1. The van der Waals surface area contributed by atoms with Crippen LogP contribution >= 0.6 is 0 Å². The molecule has 9 heteroatoms. The average Bonchev–Trinajstić information content (AvgIpc) is 2.51. The van der Waals surface area contributed by atoms with Gasteiger partial charge in [-0.2, -0.15) is 26.3 Å². The maximum atomic E-state index is 13.6. The van der Waals surface area contributed by atoms with Crippen LogP contribution in [0.1, 0.15) is 61.3 Å². The lowest BCUT2D eigenvalue weighted by Crippen LogP contribution is -2.42. The molecule has 0 aromatic heterocycles. The van der Waals surface area contributed by atoms with Gasteiger partial charge in [-0.15, -0.1) is 0 Å². The minimum atomic E-state index is -4.99. The van der Waals surface area contributed by atoms with Crippen LogP contribution in [0.25, 0.3) is 0 Å². The van der Waals surface area contributed by atoms with E-state index < -0.39 is 41.5 Å². The fourth-order valence-corrected chi connectivity index (χ4v) is 3.47. The van der Waals surface area contributed by atoms with Crippen molar-refractivity contribution in [2.24, 2.45) is 5.73 Å². The second-order valence-corrected chi connectivity index (χ2v) is 6.68. The number of carbonyl (C=O) groups excluding carboxylic acids is 1. The molecule has 1 saturated carbocycles. The predicted molar refractivity (Wildman–Crippen MR) is 82.9 cm³/mol. The maximum Gasteiger partial charge on any atom is 0.416 e. The monoisotopic (exact) mass is 382 g/mol. The van der Waals surface area contributed by atoms with Crippen molar-refractivity contribution in [3.05, 3.63) is 34.4 Å². The molecule has 0 radical (unpaired) electrons. The summed E-state index contributed by atoms with van der Waals surface area (Å²) in [5.41, 5.74) is 1.50. The molecule has 146 valence electrons. The van der Waals surface area contributed by atoms with Gasteiger partial charge in [0.15, 0.2) is 0 Å². The molecule has 1 aliphatic carbocycles. The van der Waals surface area contributed by atoms with Crippen molar-refractivity contribution in [3.63, 3.8) is 0 Å². The quantitative estimate of drug-likeness (QED) is 0.758. The first-order valence-corrected chi connectivity index (χ1v) is 8.20. The molecular weight excluding hydrogens is 362 g/mol. The third-order valence-electron chi connectivity index (χ3n) is 4.62. The van der Waals surface area contributed by atoms with Crippen molar-refractivity contribution in [1.29, 1.82) is 0 Å². The molecule has 1 aromatic carbocycles. The summed E-state index contributed by atoms with van der Waals surface area (Å²) in [5.74, 6) is -0.559. The van der Waals surface area contributed by atoms with E-state index in [1.165, 1.54) is 0 Å². The van der Waals surface area contributed by atoms with E-state index in [0.29, 0.717) is 18.9 Å². The molecule has 0 aliphatic heterocycles. The normalized spacial score (nSPS) is 17.8. The van der Waals surface area contributed by atoms with Crippen LogP contribution in [0, 0.1) is 0 Å². The van der Waals surface area contributed by atoms with Gasteiger partial charge in [0.05, 0.1) is 11.1 Å². The fraction of sp³-hybridized carbons (Fsp3) is 0.588. The minimum Gasteiger partial charge on any atom is -0.352 e. The van der Waals surface area contributed by atoms with Gasteiger partial charge in [0.1, 0.15) is 0 Å². The van der Waals surface area contributed by atoms with Crippen LogP contribution in [0.3, 0.4) is 0 Å². The summed E-state index contributed by atoms with van der Waals surface area (Å²) < 4.78 is 80.2. The number of nitrogens with two attached hydrogens (primary N) is 1. The van der Waals surface area contributed by atoms with Crippen LogP contribution in [0.15, 0.2) is 12.1 Å². The number of halogens is 6. The summed E-state index contributed by atoms with van der Waals surface area (Å²) >= 11 is 0. The number of benzene rings is 1. The largest absolute Gasteiger partial charge is 0.416 e. The molecule has 3 N–H and O–H groups in total. The van der Waals surface area contributed by atoms with E-state index in [9.17, 15) is 31.1 Å². The zero-order valence-corrected chi connectivity index (χ0v) is 14.2. The zero-order valence-electron chi connectivity index (χ0n) is 14.2. The maximum absolute atomic E-state index is 13.6. The first kappa shape index (κ1) is 20.5. The van der Waals surface area contributed by atoms with Gasteiger partial charge in [-0.3, -0.25) is 4.79 Å². The highest BCUT2D eigenvalue weighted by molar-refractivity contribution is 5.72. The topological polar surface area (TPSA) is 55.1 Å². The number of nitrogens with one attached hydrogen (secondary N) is 1. The van der Waals surface area contributed by atoms with Gasteiger partial charge in [-0.25, -0.2) is 0 Å². The van der Waals surface area contributed by atoms with Crippen LogP contribution < -0.4 is 11.1 Å². The summed E-state index contributed by atoms with van der Waals surface area (Å²) in [5, 5.41) is 2.29. The Morgan fingerprint density at radius 1 is 1.08 bits per heavy atom. The summed E-state index contributed by atoms with van der Waals surface area (Å²) in [4.78, 5) is 11.2. The highest BCUT2D eigenvalue weighted by Crippen LogP contribution is 2.46. The van der Waals surface area contributed by atoms with Gasteiger partial charge in [0, 0.05) is 19.0 Å². The smallest absolute Gasteiger partial charge is 0.352 e. The van der Waals surface area contributed by atoms with Crippen molar-refractivity contribution in [1.82, 2.24) is 5.32 Å². The van der Waals surface area contributed by atoms with Gasteiger partial charge in [-0.05, 0) is 36.1 Å². The summed E-state index contributed by atoms with van der Waals surface area (Å²) in [6.07, 6.45) is -7.46. The molecule has 0 saturated heterocycles. The van der Waals surface area contributed by atoms with Gasteiger partial charge in [0.25, 0.3) is 0 Å². The van der Waals surface area contributed by atoms with E-state index in [-0.39, 0.29) is 30.0 Å². The van der Waals surface area contributed by atoms with Gasteiger partial charge in [0.2, 0.25) is 5.91 Å². The van der Waals surface area contributed by atoms with E-state index in [2.05, 4.69) is 5.32 Å². The standard InChI is InChI=1S/C17H20F6N2O/c1-10(26)25-9-11-7-12(16(18,19)20)8-13(17(21,22)23)14(11)15(24)5-3-2-4-6-15/h7-8H,2-6,9,24H2,1H3,(H,25,26). The van der Waals surface area contributed by atoms with Crippen molar-refractivity contribution in [2.45, 2.75) is 63.5 Å². The number of alkyl halides is 6. The molecule has 1 aliphatic rings. The molecule has 0 unspecified atom stereocenters. The van der Waals surface area contributed by atoms with Crippen LogP contribution in [0.4, 0.5) is 26.3 Å². The molecule has 0 heterocycles. The van der Waals surface area contributed by atoms with Crippen molar-refractivity contribution < 1.29 is 31.1 Å². The minimum absolute atomic E-state index is 0.121. The van der Waals surface area contributed by atoms with E-state index in [1.54, 1.807) is 0 Å². The van der Waals surface area contributed by atoms with E-state index in [1.807, 2.05) is 0 Å². The Kier molecular flexibility index (Phi) is 5.60. The fourth-order valence-electron chi connectivity index (χ4n) is 3.47. The molecule has 1 fully saturated rings. The lowest BCUT2D eigenvalue weighted by molar-refractivity contribution is -0.144. The van der Waals surface area contributed by atoms with Gasteiger partial charge >= 0.3 is 12.4 Å². The SMILES string of the molecule is CC(=O)NCc1cc(C(F)(F)F)cc(C(F)(F)F)c1C1(N)CCCCC1. The average molecular weight is 382 g/mol. The molecule has 1 amide bonds. The van der Waals surface area contributed by atoms with Gasteiger partial charge < -0.3 is 11.1 Å². The molecule has 1 aromatic rings. The third-order valence-corrected chi connectivity index (χ3v) is 4.62. The highest BCUT2D eigenvalue weighted by atomic mass is 19.4. The van der Waals surface area contributed by atoms with Crippen LogP contribution in [0.5, 0.6) is 0 Å². The zero-order chi connectivity index (χ0) is 19.8. The van der Waals surface area contributed by atoms with E-state index in [4.69, 9.17) is 5.73 Å². The second kappa shape index (κ2) is 7.09. The van der Waals surface area contributed by atoms with Crippen LogP contribution in [-0.4, -0.2) is 5.91 Å². The Balaban J connectivity index is 2.73. The van der Waals surface area contributed by atoms with E-state index >= 15 is 0 Å². The van der Waals surface area contributed by atoms with Crippen LogP contribution in [-0.2, 0) is 29.2 Å². The van der Waals surface area contributed by atoms with Crippen molar-refractivity contribution in [2.75, 3.05) is 0 Å². The molecule has 0 atom stereocenters. The van der Waals surface area contributed by atoms with Crippen LogP contribution in [0.2, 0.25) is 0 Å².